The van der Waals surface area contributed by atoms with Crippen molar-refractivity contribution in [2.75, 3.05) is 51.2 Å². The first-order valence-electron chi connectivity index (χ1n) is 15.1. The molecule has 1 atom stereocenters. The van der Waals surface area contributed by atoms with Crippen LogP contribution in [0.25, 0.3) is 5.69 Å². The lowest BCUT2D eigenvalue weighted by Crippen LogP contribution is -2.37. The summed E-state index contributed by atoms with van der Waals surface area (Å²) in [6, 6.07) is 9.59. The van der Waals surface area contributed by atoms with Crippen molar-refractivity contribution < 1.29 is 37.2 Å². The summed E-state index contributed by atoms with van der Waals surface area (Å²) in [6.45, 7) is 2.32. The minimum atomic E-state index is -4.76. The highest BCUT2D eigenvalue weighted by atomic mass is 19.4. The molecule has 15 heteroatoms. The van der Waals surface area contributed by atoms with Gasteiger partial charge in [0.05, 0.1) is 51.6 Å². The number of hydrogen-bond acceptors (Lipinski definition) is 11. The summed E-state index contributed by atoms with van der Waals surface area (Å²) in [6.07, 6.45) is 1.12. The number of benzene rings is 2. The van der Waals surface area contributed by atoms with Gasteiger partial charge in [0.25, 0.3) is 0 Å². The molecule has 0 unspecified atom stereocenters. The quantitative estimate of drug-likeness (QED) is 0.231. The van der Waals surface area contributed by atoms with Crippen LogP contribution in [0.1, 0.15) is 29.7 Å². The number of anilines is 3. The first-order valence-corrected chi connectivity index (χ1v) is 15.1. The first kappa shape index (κ1) is 32.2. The van der Waals surface area contributed by atoms with Crippen LogP contribution in [0.15, 0.2) is 48.9 Å². The van der Waals surface area contributed by atoms with Gasteiger partial charge < -0.3 is 38.8 Å². The van der Waals surface area contributed by atoms with E-state index < -0.39 is 6.36 Å². The largest absolute Gasteiger partial charge is 0.573 e. The predicted molar refractivity (Wildman–Crippen MR) is 167 cm³/mol. The van der Waals surface area contributed by atoms with E-state index in [1.807, 2.05) is 12.1 Å². The van der Waals surface area contributed by atoms with Crippen LogP contribution >= 0.6 is 0 Å². The molecule has 0 bridgehead atoms. The molecule has 1 fully saturated rings. The van der Waals surface area contributed by atoms with E-state index in [0.717, 1.165) is 42.1 Å². The van der Waals surface area contributed by atoms with Gasteiger partial charge in [-0.3, -0.25) is 4.90 Å². The van der Waals surface area contributed by atoms with E-state index in [1.165, 1.54) is 12.1 Å². The summed E-state index contributed by atoms with van der Waals surface area (Å²) >= 11 is 0. The maximum Gasteiger partial charge on any atom is 0.573 e. The molecule has 2 aromatic heterocycles. The third-order valence-electron chi connectivity index (χ3n) is 8.29. The number of ether oxygens (including phenoxy) is 4. The standard InChI is InChI=1S/C32H36F3N7O5/c1-44-26-13-22(14-27(45-2)29(26)46-3)41-17-28(36-19-41)38-31-37-25-16-40(15-20-6-4-8-23(12-20)47-32(33,34)35)11-9-24(25)30(39-31)42-10-5-7-21(42)18-43/h4,6,8,12-14,17,19,21,43H,5,7,9-11,15-16,18H2,1-3H3,(H,37,38,39)/t21-/m0/s1. The SMILES string of the molecule is COc1cc(-n2cnc(Nc3nc4c(c(N5CCC[C@H]5CO)n3)CCN(Cc3cccc(OC(F)(F)F)c3)C4)c2)cc(OC)c1OC. The lowest BCUT2D eigenvalue weighted by atomic mass is 10.0. The molecule has 250 valence electrons. The molecule has 12 nitrogen and oxygen atoms in total. The number of nitrogens with one attached hydrogen (secondary N) is 1. The van der Waals surface area contributed by atoms with Crippen LogP contribution in [-0.4, -0.2) is 83.0 Å². The summed E-state index contributed by atoms with van der Waals surface area (Å²) in [5.41, 5.74) is 3.23. The molecule has 2 aliphatic rings. The number of methoxy groups -OCH3 is 3. The third-order valence-corrected chi connectivity index (χ3v) is 8.29. The van der Waals surface area contributed by atoms with Gasteiger partial charge in [0.1, 0.15) is 17.9 Å². The van der Waals surface area contributed by atoms with Crippen molar-refractivity contribution in [3.8, 4) is 28.7 Å². The lowest BCUT2D eigenvalue weighted by molar-refractivity contribution is -0.274. The van der Waals surface area contributed by atoms with Gasteiger partial charge in [0, 0.05) is 43.9 Å². The number of fused-ring (bicyclic) bond motifs is 1. The van der Waals surface area contributed by atoms with E-state index in [4.69, 9.17) is 24.2 Å². The number of rotatable bonds is 11. The highest BCUT2D eigenvalue weighted by Gasteiger charge is 2.32. The van der Waals surface area contributed by atoms with Crippen LogP contribution in [0.5, 0.6) is 23.0 Å². The lowest BCUT2D eigenvalue weighted by Gasteiger charge is -2.33. The molecule has 4 aromatic rings. The van der Waals surface area contributed by atoms with Gasteiger partial charge in [-0.05, 0) is 37.0 Å². The zero-order valence-corrected chi connectivity index (χ0v) is 26.3. The molecule has 0 aliphatic carbocycles. The van der Waals surface area contributed by atoms with E-state index in [9.17, 15) is 18.3 Å². The first-order chi connectivity index (χ1) is 22.7. The number of nitrogens with zero attached hydrogens (tertiary/aromatic N) is 6. The maximum absolute atomic E-state index is 12.8. The summed E-state index contributed by atoms with van der Waals surface area (Å²) in [5, 5.41) is 13.3. The van der Waals surface area contributed by atoms with Crippen molar-refractivity contribution in [1.82, 2.24) is 24.4 Å². The second-order valence-corrected chi connectivity index (χ2v) is 11.3. The third kappa shape index (κ3) is 7.15. The second kappa shape index (κ2) is 13.5. The fraction of sp³-hybridized carbons (Fsp3) is 0.406. The molecular formula is C32H36F3N7O5. The molecule has 47 heavy (non-hydrogen) atoms. The molecular weight excluding hydrogens is 619 g/mol. The van der Waals surface area contributed by atoms with Gasteiger partial charge in [-0.25, -0.2) is 9.97 Å². The molecule has 2 aliphatic heterocycles. The van der Waals surface area contributed by atoms with Crippen molar-refractivity contribution >= 4 is 17.6 Å². The number of aliphatic hydroxyl groups excluding tert-OH is 1. The molecule has 4 heterocycles. The smallest absolute Gasteiger partial charge is 0.493 e. The highest BCUT2D eigenvalue weighted by Crippen LogP contribution is 2.39. The van der Waals surface area contributed by atoms with Crippen molar-refractivity contribution in [3.05, 3.63) is 65.7 Å². The Morgan fingerprint density at radius 1 is 1.02 bits per heavy atom. The van der Waals surface area contributed by atoms with Crippen molar-refractivity contribution in [2.45, 2.75) is 44.8 Å². The van der Waals surface area contributed by atoms with Crippen LogP contribution in [0.4, 0.5) is 30.8 Å². The van der Waals surface area contributed by atoms with Gasteiger partial charge in [-0.2, -0.15) is 4.98 Å². The summed E-state index contributed by atoms with van der Waals surface area (Å²) in [5.74, 6) is 2.85. The Hall–Kier alpha value is -4.76. The van der Waals surface area contributed by atoms with Crippen LogP contribution in [0.2, 0.25) is 0 Å². The normalized spacial score (nSPS) is 16.6. The van der Waals surface area contributed by atoms with Crippen molar-refractivity contribution in [2.24, 2.45) is 0 Å². The van der Waals surface area contributed by atoms with E-state index in [2.05, 4.69) is 24.8 Å². The summed E-state index contributed by atoms with van der Waals surface area (Å²) < 4.78 is 60.7. The number of halogens is 3. The number of alkyl halides is 3. The number of hydrogen-bond donors (Lipinski definition) is 2. The van der Waals surface area contributed by atoms with Gasteiger partial charge in [0.2, 0.25) is 11.7 Å². The minimum Gasteiger partial charge on any atom is -0.493 e. The van der Waals surface area contributed by atoms with Gasteiger partial charge in [0.15, 0.2) is 17.3 Å². The van der Waals surface area contributed by atoms with Crippen LogP contribution in [-0.2, 0) is 19.5 Å². The Morgan fingerprint density at radius 3 is 2.51 bits per heavy atom. The zero-order chi connectivity index (χ0) is 33.1. The van der Waals surface area contributed by atoms with Crippen molar-refractivity contribution in [3.63, 3.8) is 0 Å². The minimum absolute atomic E-state index is 0.0171. The van der Waals surface area contributed by atoms with Gasteiger partial charge in [-0.1, -0.05) is 12.1 Å². The van der Waals surface area contributed by atoms with Crippen LogP contribution in [0, 0.1) is 0 Å². The molecule has 2 aromatic carbocycles. The summed E-state index contributed by atoms with van der Waals surface area (Å²) in [7, 11) is 4.64. The Kier molecular flexibility index (Phi) is 9.27. The highest BCUT2D eigenvalue weighted by molar-refractivity contribution is 5.60. The number of aliphatic hydroxyl groups is 1. The molecule has 6 rings (SSSR count). The Morgan fingerprint density at radius 2 is 1.81 bits per heavy atom. The zero-order valence-electron chi connectivity index (χ0n) is 26.3. The van der Waals surface area contributed by atoms with E-state index >= 15 is 0 Å². The molecule has 0 saturated carbocycles. The molecule has 2 N–H and O–H groups in total. The number of aromatic nitrogens is 4. The maximum atomic E-state index is 12.8. The second-order valence-electron chi connectivity index (χ2n) is 11.3. The van der Waals surface area contributed by atoms with Gasteiger partial charge in [-0.15, -0.1) is 13.2 Å². The molecule has 0 radical (unpaired) electrons. The fourth-order valence-corrected chi connectivity index (χ4v) is 6.16. The van der Waals surface area contributed by atoms with Crippen LogP contribution < -0.4 is 29.2 Å². The molecule has 0 spiro atoms. The van der Waals surface area contributed by atoms with E-state index in [1.54, 1.807) is 50.6 Å². The van der Waals surface area contributed by atoms with E-state index in [-0.39, 0.29) is 18.4 Å². The Bertz CT molecular complexity index is 1690. The summed E-state index contributed by atoms with van der Waals surface area (Å²) in [4.78, 5) is 18.6. The Balaban J connectivity index is 1.27. The van der Waals surface area contributed by atoms with Crippen molar-refractivity contribution in [1.29, 1.82) is 0 Å². The van der Waals surface area contributed by atoms with E-state index in [0.29, 0.717) is 60.6 Å². The molecule has 0 amide bonds. The topological polar surface area (TPSA) is 119 Å². The Labute approximate surface area is 269 Å². The molecule has 1 saturated heterocycles. The predicted octanol–water partition coefficient (Wildman–Crippen LogP) is 4.85. The average molecular weight is 656 g/mol. The van der Waals surface area contributed by atoms with Gasteiger partial charge >= 0.3 is 6.36 Å². The fourth-order valence-electron chi connectivity index (χ4n) is 6.16. The number of imidazole rings is 1. The monoisotopic (exact) mass is 655 g/mol. The average Bonchev–Trinajstić information content (AvgIpc) is 3.73. The van der Waals surface area contributed by atoms with Crippen LogP contribution in [0.3, 0.4) is 0 Å².